The van der Waals surface area contributed by atoms with Crippen molar-refractivity contribution >= 4 is 39.5 Å². The summed E-state index contributed by atoms with van der Waals surface area (Å²) in [6.45, 7) is 5.34. The van der Waals surface area contributed by atoms with Crippen molar-refractivity contribution in [2.45, 2.75) is 18.7 Å². The van der Waals surface area contributed by atoms with E-state index >= 15 is 0 Å². The zero-order valence-electron chi connectivity index (χ0n) is 18.6. The highest BCUT2D eigenvalue weighted by Gasteiger charge is 2.28. The maximum Gasteiger partial charge on any atom is 0.243 e. The molecule has 172 valence electrons. The van der Waals surface area contributed by atoms with Gasteiger partial charge in [-0.15, -0.1) is 0 Å². The molecule has 0 spiro atoms. The van der Waals surface area contributed by atoms with Gasteiger partial charge in [0.25, 0.3) is 0 Å². The molecule has 1 aliphatic rings. The molecule has 1 amide bonds. The lowest BCUT2D eigenvalue weighted by Gasteiger charge is -2.35. The predicted molar refractivity (Wildman–Crippen MR) is 128 cm³/mol. The third-order valence-electron chi connectivity index (χ3n) is 5.50. The highest BCUT2D eigenvalue weighted by Crippen LogP contribution is 2.24. The molecule has 33 heavy (non-hydrogen) atoms. The molecule has 1 saturated heterocycles. The van der Waals surface area contributed by atoms with Crippen LogP contribution in [-0.2, 0) is 14.8 Å². The average molecular weight is 467 g/mol. The normalized spacial score (nSPS) is 15.2. The number of carbonyl (C=O) groups is 1. The molecule has 3 aromatic rings. The monoisotopic (exact) mass is 466 g/mol. The van der Waals surface area contributed by atoms with Crippen molar-refractivity contribution in [3.8, 4) is 0 Å². The van der Waals surface area contributed by atoms with Crippen molar-refractivity contribution in [1.29, 1.82) is 0 Å². The number of amides is 1. The van der Waals surface area contributed by atoms with Gasteiger partial charge in [0.1, 0.15) is 11.4 Å². The van der Waals surface area contributed by atoms with Gasteiger partial charge in [-0.2, -0.15) is 4.31 Å². The van der Waals surface area contributed by atoms with Gasteiger partial charge in [0.2, 0.25) is 15.9 Å². The number of rotatable bonds is 6. The van der Waals surface area contributed by atoms with E-state index in [-0.39, 0.29) is 10.8 Å². The van der Waals surface area contributed by atoms with E-state index in [1.165, 1.54) is 11.2 Å². The van der Waals surface area contributed by atoms with Crippen LogP contribution >= 0.6 is 0 Å². The summed E-state index contributed by atoms with van der Waals surface area (Å²) >= 11 is 0. The SMILES string of the molecule is CC(=O)Nc1c(C)noc1C=Cc1ccc(S(=O)(=O)N2CCN(c3ccccc3)CC2)cc1. The minimum Gasteiger partial charge on any atom is -0.369 e. The van der Waals surface area contributed by atoms with Crippen molar-refractivity contribution in [3.05, 3.63) is 71.6 Å². The second kappa shape index (κ2) is 9.60. The summed E-state index contributed by atoms with van der Waals surface area (Å²) in [5, 5.41) is 6.58. The van der Waals surface area contributed by atoms with Gasteiger partial charge in [-0.25, -0.2) is 8.42 Å². The molecular weight excluding hydrogens is 440 g/mol. The molecule has 1 aliphatic heterocycles. The van der Waals surface area contributed by atoms with E-state index in [0.717, 1.165) is 11.3 Å². The summed E-state index contributed by atoms with van der Waals surface area (Å²) in [5.41, 5.74) is 3.01. The Hall–Kier alpha value is -3.43. The maximum absolute atomic E-state index is 13.1. The van der Waals surface area contributed by atoms with E-state index in [1.807, 2.05) is 30.3 Å². The summed E-state index contributed by atoms with van der Waals surface area (Å²) in [5.74, 6) is 0.214. The van der Waals surface area contributed by atoms with Gasteiger partial charge in [-0.05, 0) is 42.8 Å². The molecule has 0 aliphatic carbocycles. The first-order chi connectivity index (χ1) is 15.8. The summed E-state index contributed by atoms with van der Waals surface area (Å²) in [6.07, 6.45) is 3.47. The van der Waals surface area contributed by atoms with Gasteiger partial charge >= 0.3 is 0 Å². The Bertz CT molecular complexity index is 1240. The number of piperazine rings is 1. The van der Waals surface area contributed by atoms with Crippen LogP contribution in [-0.4, -0.2) is 50.0 Å². The molecule has 0 bridgehead atoms. The average Bonchev–Trinajstić information content (AvgIpc) is 3.17. The molecule has 0 unspecified atom stereocenters. The number of aromatic nitrogens is 1. The Morgan fingerprint density at radius 3 is 2.30 bits per heavy atom. The highest BCUT2D eigenvalue weighted by molar-refractivity contribution is 7.89. The molecule has 2 heterocycles. The molecule has 4 rings (SSSR count). The van der Waals surface area contributed by atoms with Crippen molar-refractivity contribution in [1.82, 2.24) is 9.46 Å². The molecule has 2 aromatic carbocycles. The Balaban J connectivity index is 1.43. The van der Waals surface area contributed by atoms with Crippen LogP contribution in [0.15, 0.2) is 64.0 Å². The molecule has 0 saturated carbocycles. The number of aryl methyl sites for hydroxylation is 1. The van der Waals surface area contributed by atoms with Crippen molar-refractivity contribution in [3.63, 3.8) is 0 Å². The summed E-state index contributed by atoms with van der Waals surface area (Å²) < 4.78 is 33.0. The molecule has 9 heteroatoms. The Kier molecular flexibility index (Phi) is 6.62. The van der Waals surface area contributed by atoms with Crippen LogP contribution in [0.1, 0.15) is 23.9 Å². The van der Waals surface area contributed by atoms with Gasteiger partial charge in [-0.3, -0.25) is 4.79 Å². The molecule has 1 N–H and O–H groups in total. The van der Waals surface area contributed by atoms with E-state index in [2.05, 4.69) is 15.4 Å². The van der Waals surface area contributed by atoms with E-state index < -0.39 is 10.0 Å². The number of hydrogen-bond acceptors (Lipinski definition) is 6. The number of nitrogens with zero attached hydrogens (tertiary/aromatic N) is 3. The number of para-hydroxylation sites is 1. The number of hydrogen-bond donors (Lipinski definition) is 1. The third-order valence-corrected chi connectivity index (χ3v) is 7.41. The van der Waals surface area contributed by atoms with Gasteiger partial charge in [0, 0.05) is 38.8 Å². The van der Waals surface area contributed by atoms with Crippen LogP contribution in [0.3, 0.4) is 0 Å². The predicted octanol–water partition coefficient (Wildman–Crippen LogP) is 3.62. The smallest absolute Gasteiger partial charge is 0.243 e. The van der Waals surface area contributed by atoms with Crippen LogP contribution in [0.2, 0.25) is 0 Å². The molecule has 0 radical (unpaired) electrons. The number of anilines is 2. The fraction of sp³-hybridized carbons (Fsp3) is 0.250. The summed E-state index contributed by atoms with van der Waals surface area (Å²) in [6, 6.07) is 16.7. The fourth-order valence-corrected chi connectivity index (χ4v) is 5.15. The Morgan fingerprint density at radius 2 is 1.67 bits per heavy atom. The zero-order valence-corrected chi connectivity index (χ0v) is 19.4. The number of benzene rings is 2. The lowest BCUT2D eigenvalue weighted by atomic mass is 10.2. The van der Waals surface area contributed by atoms with Crippen molar-refractivity contribution in [2.24, 2.45) is 0 Å². The standard InChI is InChI=1S/C24H26N4O4S/c1-18-24(25-19(2)29)23(32-26-18)13-10-20-8-11-22(12-9-20)33(30,31)28-16-14-27(15-17-28)21-6-4-3-5-7-21/h3-13H,14-17H2,1-2H3,(H,25,29). The van der Waals surface area contributed by atoms with E-state index in [1.54, 1.807) is 43.3 Å². The Labute approximate surface area is 193 Å². The largest absolute Gasteiger partial charge is 0.369 e. The fourth-order valence-electron chi connectivity index (χ4n) is 3.73. The molecule has 8 nitrogen and oxygen atoms in total. The van der Waals surface area contributed by atoms with Gasteiger partial charge in [-0.1, -0.05) is 41.6 Å². The van der Waals surface area contributed by atoms with Gasteiger partial charge < -0.3 is 14.7 Å². The first-order valence-electron chi connectivity index (χ1n) is 10.7. The third kappa shape index (κ3) is 5.15. The van der Waals surface area contributed by atoms with Crippen LogP contribution in [0.4, 0.5) is 11.4 Å². The quantitative estimate of drug-likeness (QED) is 0.596. The summed E-state index contributed by atoms with van der Waals surface area (Å²) in [4.78, 5) is 13.8. The second-order valence-electron chi connectivity index (χ2n) is 7.82. The van der Waals surface area contributed by atoms with E-state index in [4.69, 9.17) is 4.52 Å². The summed E-state index contributed by atoms with van der Waals surface area (Å²) in [7, 11) is -3.56. The lowest BCUT2D eigenvalue weighted by Crippen LogP contribution is -2.48. The second-order valence-corrected chi connectivity index (χ2v) is 9.76. The zero-order chi connectivity index (χ0) is 23.4. The molecular formula is C24H26N4O4S. The van der Waals surface area contributed by atoms with Crippen molar-refractivity contribution < 1.29 is 17.7 Å². The van der Waals surface area contributed by atoms with Crippen LogP contribution < -0.4 is 10.2 Å². The maximum atomic E-state index is 13.1. The number of nitrogens with one attached hydrogen (secondary N) is 1. The van der Waals surface area contributed by atoms with Crippen molar-refractivity contribution in [2.75, 3.05) is 36.4 Å². The van der Waals surface area contributed by atoms with E-state index in [0.29, 0.717) is 43.3 Å². The van der Waals surface area contributed by atoms with E-state index in [9.17, 15) is 13.2 Å². The lowest BCUT2D eigenvalue weighted by molar-refractivity contribution is -0.114. The minimum atomic E-state index is -3.56. The number of carbonyl (C=O) groups excluding carboxylic acids is 1. The highest BCUT2D eigenvalue weighted by atomic mass is 32.2. The topological polar surface area (TPSA) is 95.8 Å². The Morgan fingerprint density at radius 1 is 1.00 bits per heavy atom. The van der Waals surface area contributed by atoms with Crippen LogP contribution in [0.25, 0.3) is 12.2 Å². The molecule has 0 atom stereocenters. The molecule has 1 fully saturated rings. The van der Waals surface area contributed by atoms with Crippen LogP contribution in [0, 0.1) is 6.92 Å². The van der Waals surface area contributed by atoms with Gasteiger partial charge in [0.05, 0.1) is 4.90 Å². The van der Waals surface area contributed by atoms with Crippen LogP contribution in [0.5, 0.6) is 0 Å². The molecule has 1 aromatic heterocycles. The minimum absolute atomic E-state index is 0.213. The first-order valence-corrected chi connectivity index (χ1v) is 12.1. The number of sulfonamides is 1. The van der Waals surface area contributed by atoms with Gasteiger partial charge in [0.15, 0.2) is 5.76 Å². The first kappa shape index (κ1) is 22.8.